The van der Waals surface area contributed by atoms with Gasteiger partial charge in [-0.25, -0.2) is 0 Å². The maximum Gasteiger partial charge on any atom is 0.0244 e. The summed E-state index contributed by atoms with van der Waals surface area (Å²) in [6, 6.07) is 8.58. The Morgan fingerprint density at radius 1 is 1.24 bits per heavy atom. The second-order valence-corrected chi connectivity index (χ2v) is 5.95. The van der Waals surface area contributed by atoms with Crippen molar-refractivity contribution in [2.75, 3.05) is 13.1 Å². The van der Waals surface area contributed by atoms with Gasteiger partial charge >= 0.3 is 0 Å². The zero-order valence-electron chi connectivity index (χ0n) is 10.7. The minimum atomic E-state index is 0.982. The molecule has 0 aromatic heterocycles. The lowest BCUT2D eigenvalue weighted by molar-refractivity contribution is 0.171. The van der Waals surface area contributed by atoms with Crippen LogP contribution in [-0.2, 0) is 6.54 Å². The van der Waals surface area contributed by atoms with Crippen LogP contribution in [0, 0.1) is 5.92 Å². The maximum atomic E-state index is 3.63. The molecular weight excluding hydrogens is 274 g/mol. The van der Waals surface area contributed by atoms with E-state index in [0.717, 1.165) is 12.5 Å². The Hall–Kier alpha value is -0.340. The van der Waals surface area contributed by atoms with Crippen LogP contribution in [0.15, 0.2) is 28.7 Å². The number of benzene rings is 1. The quantitative estimate of drug-likeness (QED) is 0.793. The lowest BCUT2D eigenvalue weighted by Crippen LogP contribution is -2.33. The molecule has 0 radical (unpaired) electrons. The maximum absolute atomic E-state index is 3.63. The van der Waals surface area contributed by atoms with Crippen LogP contribution in [0.25, 0.3) is 0 Å². The molecule has 0 amide bonds. The molecule has 0 N–H and O–H groups in total. The van der Waals surface area contributed by atoms with Gasteiger partial charge in [0.05, 0.1) is 0 Å². The van der Waals surface area contributed by atoms with E-state index < -0.39 is 0 Å². The molecule has 0 saturated carbocycles. The average molecular weight is 296 g/mol. The largest absolute Gasteiger partial charge is 0.299 e. The first-order valence-corrected chi connectivity index (χ1v) is 7.54. The Bertz CT molecular complexity index is 343. The van der Waals surface area contributed by atoms with Crippen molar-refractivity contribution in [3.05, 3.63) is 34.3 Å². The highest BCUT2D eigenvalue weighted by atomic mass is 79.9. The predicted molar refractivity (Wildman–Crippen MR) is 77.1 cm³/mol. The normalized spacial score (nSPS) is 18.5. The third-order valence-corrected chi connectivity index (χ3v) is 4.53. The predicted octanol–water partition coefficient (Wildman–Crippen LogP) is 4.46. The zero-order valence-corrected chi connectivity index (χ0v) is 12.2. The van der Waals surface area contributed by atoms with Gasteiger partial charge < -0.3 is 0 Å². The molecule has 0 bridgehead atoms. The molecule has 1 saturated heterocycles. The van der Waals surface area contributed by atoms with Crippen LogP contribution in [0.2, 0.25) is 0 Å². The summed E-state index contributed by atoms with van der Waals surface area (Å²) < 4.78 is 1.25. The number of rotatable bonds is 4. The Balaban J connectivity index is 1.84. The SMILES string of the molecule is CCCC1CCN(Cc2ccccc2Br)CC1. The van der Waals surface area contributed by atoms with E-state index >= 15 is 0 Å². The van der Waals surface area contributed by atoms with Crippen molar-refractivity contribution < 1.29 is 0 Å². The smallest absolute Gasteiger partial charge is 0.0244 e. The van der Waals surface area contributed by atoms with E-state index in [1.54, 1.807) is 0 Å². The summed E-state index contributed by atoms with van der Waals surface area (Å²) >= 11 is 3.63. The topological polar surface area (TPSA) is 3.24 Å². The molecule has 17 heavy (non-hydrogen) atoms. The van der Waals surface area contributed by atoms with Gasteiger partial charge in [0.1, 0.15) is 0 Å². The van der Waals surface area contributed by atoms with Crippen molar-refractivity contribution in [3.63, 3.8) is 0 Å². The fourth-order valence-electron chi connectivity index (χ4n) is 2.71. The number of halogens is 1. The monoisotopic (exact) mass is 295 g/mol. The second-order valence-electron chi connectivity index (χ2n) is 5.10. The Labute approximate surface area is 113 Å². The fourth-order valence-corrected chi connectivity index (χ4v) is 3.12. The first-order valence-electron chi connectivity index (χ1n) is 6.75. The van der Waals surface area contributed by atoms with E-state index in [1.165, 1.54) is 48.8 Å². The van der Waals surface area contributed by atoms with Crippen molar-refractivity contribution >= 4 is 15.9 Å². The molecule has 1 nitrogen and oxygen atoms in total. The van der Waals surface area contributed by atoms with E-state index in [1.807, 2.05) is 0 Å². The summed E-state index contributed by atoms with van der Waals surface area (Å²) in [5, 5.41) is 0. The van der Waals surface area contributed by atoms with E-state index in [9.17, 15) is 0 Å². The van der Waals surface area contributed by atoms with Crippen LogP contribution in [0.4, 0.5) is 0 Å². The zero-order chi connectivity index (χ0) is 12.1. The van der Waals surface area contributed by atoms with E-state index in [0.29, 0.717) is 0 Å². The van der Waals surface area contributed by atoms with E-state index in [4.69, 9.17) is 0 Å². The van der Waals surface area contributed by atoms with Crippen LogP contribution in [0.1, 0.15) is 38.2 Å². The number of piperidine rings is 1. The number of likely N-dealkylation sites (tertiary alicyclic amines) is 1. The van der Waals surface area contributed by atoms with Gasteiger partial charge in [0.2, 0.25) is 0 Å². The minimum absolute atomic E-state index is 0.982. The molecule has 1 aromatic carbocycles. The third kappa shape index (κ3) is 3.82. The summed E-state index contributed by atoms with van der Waals surface area (Å²) in [4.78, 5) is 2.59. The van der Waals surface area contributed by atoms with Crippen LogP contribution >= 0.6 is 15.9 Å². The van der Waals surface area contributed by atoms with Crippen molar-refractivity contribution in [2.24, 2.45) is 5.92 Å². The lowest BCUT2D eigenvalue weighted by Gasteiger charge is -2.32. The van der Waals surface area contributed by atoms with Gasteiger partial charge in [-0.2, -0.15) is 0 Å². The van der Waals surface area contributed by atoms with Gasteiger partial charge in [0.15, 0.2) is 0 Å². The summed E-state index contributed by atoms with van der Waals surface area (Å²) in [6.45, 7) is 5.94. The number of nitrogens with zero attached hydrogens (tertiary/aromatic N) is 1. The van der Waals surface area contributed by atoms with Gasteiger partial charge in [0.25, 0.3) is 0 Å². The average Bonchev–Trinajstić information content (AvgIpc) is 2.35. The third-order valence-electron chi connectivity index (χ3n) is 3.76. The highest BCUT2D eigenvalue weighted by Crippen LogP contribution is 2.24. The molecule has 0 unspecified atom stereocenters. The Kier molecular flexibility index (Phi) is 5.05. The molecule has 1 aliphatic rings. The standard InChI is InChI=1S/C15H22BrN/c1-2-5-13-8-10-17(11-9-13)12-14-6-3-4-7-15(14)16/h3-4,6-7,13H,2,5,8-12H2,1H3. The highest BCUT2D eigenvalue weighted by Gasteiger charge is 2.18. The molecule has 1 heterocycles. The van der Waals surface area contributed by atoms with Crippen LogP contribution in [0.5, 0.6) is 0 Å². The van der Waals surface area contributed by atoms with Gasteiger partial charge in [-0.15, -0.1) is 0 Å². The lowest BCUT2D eigenvalue weighted by atomic mass is 9.92. The van der Waals surface area contributed by atoms with Crippen LogP contribution in [0.3, 0.4) is 0 Å². The summed E-state index contributed by atoms with van der Waals surface area (Å²) in [5.41, 5.74) is 1.42. The summed E-state index contributed by atoms with van der Waals surface area (Å²) in [6.07, 6.45) is 5.54. The van der Waals surface area contributed by atoms with Gasteiger partial charge in [-0.3, -0.25) is 4.90 Å². The van der Waals surface area contributed by atoms with Crippen molar-refractivity contribution in [1.29, 1.82) is 0 Å². The summed E-state index contributed by atoms with van der Waals surface area (Å²) in [5.74, 6) is 0.982. The number of hydrogen-bond donors (Lipinski definition) is 0. The summed E-state index contributed by atoms with van der Waals surface area (Å²) in [7, 11) is 0. The molecule has 1 aliphatic heterocycles. The van der Waals surface area contributed by atoms with Crippen molar-refractivity contribution in [3.8, 4) is 0 Å². The first-order chi connectivity index (χ1) is 8.29. The van der Waals surface area contributed by atoms with Gasteiger partial charge in [0, 0.05) is 11.0 Å². The molecule has 0 aliphatic carbocycles. The minimum Gasteiger partial charge on any atom is -0.299 e. The molecule has 0 atom stereocenters. The van der Waals surface area contributed by atoms with Crippen LogP contribution in [-0.4, -0.2) is 18.0 Å². The molecule has 1 fully saturated rings. The molecule has 2 rings (SSSR count). The number of hydrogen-bond acceptors (Lipinski definition) is 1. The molecular formula is C15H22BrN. The van der Waals surface area contributed by atoms with E-state index in [2.05, 4.69) is 52.0 Å². The Morgan fingerprint density at radius 2 is 1.94 bits per heavy atom. The van der Waals surface area contributed by atoms with Crippen LogP contribution < -0.4 is 0 Å². The molecule has 1 aromatic rings. The van der Waals surface area contributed by atoms with Gasteiger partial charge in [-0.1, -0.05) is 53.9 Å². The van der Waals surface area contributed by atoms with Gasteiger partial charge in [-0.05, 0) is 43.5 Å². The fraction of sp³-hybridized carbons (Fsp3) is 0.600. The second kappa shape index (κ2) is 6.55. The Morgan fingerprint density at radius 3 is 2.59 bits per heavy atom. The van der Waals surface area contributed by atoms with E-state index in [-0.39, 0.29) is 0 Å². The van der Waals surface area contributed by atoms with Crippen molar-refractivity contribution in [1.82, 2.24) is 4.90 Å². The molecule has 2 heteroatoms. The van der Waals surface area contributed by atoms with Crippen molar-refractivity contribution in [2.45, 2.75) is 39.2 Å². The molecule has 94 valence electrons. The first kappa shape index (κ1) is 13.1. The highest BCUT2D eigenvalue weighted by molar-refractivity contribution is 9.10. The molecule has 0 spiro atoms.